The number of hydrogen-bond donors (Lipinski definition) is 1. The first-order valence-corrected chi connectivity index (χ1v) is 8.71. The second-order valence-corrected chi connectivity index (χ2v) is 6.32. The molecule has 3 aromatic rings. The Hall–Kier alpha value is -3.15. The lowest BCUT2D eigenvalue weighted by molar-refractivity contribution is -0.124. The van der Waals surface area contributed by atoms with E-state index in [2.05, 4.69) is 15.4 Å². The quantitative estimate of drug-likeness (QED) is 0.770. The Kier molecular flexibility index (Phi) is 4.64. The summed E-state index contributed by atoms with van der Waals surface area (Å²) in [4.78, 5) is 17.1. The van der Waals surface area contributed by atoms with Gasteiger partial charge in [0.2, 0.25) is 5.91 Å². The van der Waals surface area contributed by atoms with Gasteiger partial charge in [0.05, 0.1) is 25.1 Å². The smallest absolute Gasteiger partial charge is 0.228 e. The number of fused-ring (bicyclic) bond motifs is 1. The average molecular weight is 348 g/mol. The number of amides is 1. The molecule has 1 N–H and O–H groups in total. The van der Waals surface area contributed by atoms with Gasteiger partial charge in [0, 0.05) is 5.56 Å². The number of benzene rings is 2. The number of carbonyl (C=O) groups excluding carboxylic acids is 1. The zero-order valence-corrected chi connectivity index (χ0v) is 14.3. The van der Waals surface area contributed by atoms with Crippen LogP contribution in [0.1, 0.15) is 29.5 Å². The van der Waals surface area contributed by atoms with Crippen molar-refractivity contribution < 1.29 is 9.53 Å². The molecule has 0 fully saturated rings. The van der Waals surface area contributed by atoms with E-state index in [1.165, 1.54) is 6.33 Å². The summed E-state index contributed by atoms with van der Waals surface area (Å²) in [6, 6.07) is 17.5. The van der Waals surface area contributed by atoms with Crippen molar-refractivity contribution in [2.45, 2.75) is 24.9 Å². The monoisotopic (exact) mass is 348 g/mol. The Morgan fingerprint density at radius 1 is 1.19 bits per heavy atom. The van der Waals surface area contributed by atoms with Gasteiger partial charge in [-0.3, -0.25) is 9.48 Å². The first kappa shape index (κ1) is 16.3. The van der Waals surface area contributed by atoms with Gasteiger partial charge in [0.1, 0.15) is 18.4 Å². The van der Waals surface area contributed by atoms with Gasteiger partial charge in [-0.1, -0.05) is 48.5 Å². The maximum absolute atomic E-state index is 13.1. The molecule has 6 nitrogen and oxygen atoms in total. The van der Waals surface area contributed by atoms with E-state index in [9.17, 15) is 4.79 Å². The molecule has 0 bridgehead atoms. The predicted molar refractivity (Wildman–Crippen MR) is 96.6 cm³/mol. The second-order valence-electron chi connectivity index (χ2n) is 6.32. The van der Waals surface area contributed by atoms with Crippen molar-refractivity contribution in [3.05, 3.63) is 78.4 Å². The fourth-order valence-corrected chi connectivity index (χ4v) is 3.32. The van der Waals surface area contributed by atoms with Crippen molar-refractivity contribution in [3.63, 3.8) is 0 Å². The average Bonchev–Trinajstić information content (AvgIpc) is 3.21. The van der Waals surface area contributed by atoms with E-state index >= 15 is 0 Å². The Morgan fingerprint density at radius 3 is 2.81 bits per heavy atom. The standard InChI is InChI=1S/C20H20N4O2/c25-20(17-10-11-26-19-9-5-4-8-16(17)19)23-18(12-24-14-21-13-22-24)15-6-2-1-3-7-15/h1-9,13-14,17-18H,10-12H2,(H,23,25)/t17-,18+/m0/s1. The van der Waals surface area contributed by atoms with Crippen LogP contribution in [0, 0.1) is 0 Å². The molecule has 0 saturated carbocycles. The normalized spacial score (nSPS) is 17.0. The highest BCUT2D eigenvalue weighted by Gasteiger charge is 2.29. The highest BCUT2D eigenvalue weighted by Crippen LogP contribution is 2.34. The second kappa shape index (κ2) is 7.39. The minimum absolute atomic E-state index is 0.00900. The Bertz CT molecular complexity index is 865. The van der Waals surface area contributed by atoms with E-state index in [4.69, 9.17) is 4.74 Å². The summed E-state index contributed by atoms with van der Waals surface area (Å²) in [5, 5.41) is 7.37. The summed E-state index contributed by atoms with van der Waals surface area (Å²) in [5.74, 6) is 0.600. The number of nitrogens with one attached hydrogen (secondary N) is 1. The van der Waals surface area contributed by atoms with Gasteiger partial charge >= 0.3 is 0 Å². The van der Waals surface area contributed by atoms with Crippen LogP contribution in [0.4, 0.5) is 0 Å². The Morgan fingerprint density at radius 2 is 2.00 bits per heavy atom. The molecule has 2 aromatic carbocycles. The van der Waals surface area contributed by atoms with Crippen molar-refractivity contribution in [3.8, 4) is 5.75 Å². The minimum atomic E-state index is -0.207. The Balaban J connectivity index is 1.57. The molecule has 0 radical (unpaired) electrons. The number of rotatable bonds is 5. The molecule has 2 atom stereocenters. The molecule has 1 aliphatic rings. The van der Waals surface area contributed by atoms with Crippen molar-refractivity contribution in [1.82, 2.24) is 20.1 Å². The number of carbonyl (C=O) groups is 1. The highest BCUT2D eigenvalue weighted by atomic mass is 16.5. The van der Waals surface area contributed by atoms with Gasteiger partial charge in [-0.15, -0.1) is 0 Å². The van der Waals surface area contributed by atoms with Gasteiger partial charge in [-0.05, 0) is 18.1 Å². The van der Waals surface area contributed by atoms with Gasteiger partial charge in [0.15, 0.2) is 0 Å². The molecule has 1 aromatic heterocycles. The van der Waals surface area contributed by atoms with Crippen molar-refractivity contribution in [2.24, 2.45) is 0 Å². The van der Waals surface area contributed by atoms with Crippen molar-refractivity contribution >= 4 is 5.91 Å². The number of nitrogens with zero attached hydrogens (tertiary/aromatic N) is 3. The van der Waals surface area contributed by atoms with Crippen LogP contribution >= 0.6 is 0 Å². The summed E-state index contributed by atoms with van der Waals surface area (Å²) in [7, 11) is 0. The van der Waals surface area contributed by atoms with Crippen molar-refractivity contribution in [2.75, 3.05) is 6.61 Å². The number of para-hydroxylation sites is 1. The predicted octanol–water partition coefficient (Wildman–Crippen LogP) is 2.70. The number of hydrogen-bond acceptors (Lipinski definition) is 4. The van der Waals surface area contributed by atoms with Gasteiger partial charge < -0.3 is 10.1 Å². The van der Waals surface area contributed by atoms with Gasteiger partial charge in [-0.2, -0.15) is 5.10 Å². The lowest BCUT2D eigenvalue weighted by Gasteiger charge is -2.27. The fourth-order valence-electron chi connectivity index (χ4n) is 3.32. The topological polar surface area (TPSA) is 69.0 Å². The van der Waals surface area contributed by atoms with E-state index in [0.29, 0.717) is 19.6 Å². The summed E-state index contributed by atoms with van der Waals surface area (Å²) in [6.45, 7) is 1.08. The SMILES string of the molecule is O=C(N[C@H](Cn1cncn1)c1ccccc1)[C@H]1CCOc2ccccc21. The van der Waals surface area contributed by atoms with Crippen LogP contribution in [-0.2, 0) is 11.3 Å². The van der Waals surface area contributed by atoms with Crippen LogP contribution in [0.15, 0.2) is 67.3 Å². The van der Waals surface area contributed by atoms with Gasteiger partial charge in [-0.25, -0.2) is 4.98 Å². The molecule has 0 spiro atoms. The Labute approximate surface area is 151 Å². The number of aromatic nitrogens is 3. The number of ether oxygens (including phenoxy) is 1. The third kappa shape index (κ3) is 3.44. The molecular formula is C20H20N4O2. The molecule has 0 unspecified atom stereocenters. The summed E-state index contributed by atoms with van der Waals surface area (Å²) in [6.07, 6.45) is 3.83. The first-order chi connectivity index (χ1) is 12.8. The summed E-state index contributed by atoms with van der Waals surface area (Å²) >= 11 is 0. The molecule has 4 rings (SSSR count). The molecular weight excluding hydrogens is 328 g/mol. The van der Waals surface area contributed by atoms with E-state index in [0.717, 1.165) is 16.9 Å². The molecule has 132 valence electrons. The minimum Gasteiger partial charge on any atom is -0.493 e. The largest absolute Gasteiger partial charge is 0.493 e. The van der Waals surface area contributed by atoms with Crippen LogP contribution in [-0.4, -0.2) is 27.3 Å². The molecule has 1 aliphatic heterocycles. The first-order valence-electron chi connectivity index (χ1n) is 8.71. The third-order valence-corrected chi connectivity index (χ3v) is 4.63. The summed E-state index contributed by atoms with van der Waals surface area (Å²) < 4.78 is 7.41. The van der Waals surface area contributed by atoms with E-state index in [-0.39, 0.29) is 17.9 Å². The van der Waals surface area contributed by atoms with Crippen LogP contribution < -0.4 is 10.1 Å². The molecule has 2 heterocycles. The zero-order chi connectivity index (χ0) is 17.8. The van der Waals surface area contributed by atoms with E-state index < -0.39 is 0 Å². The summed E-state index contributed by atoms with van der Waals surface area (Å²) in [5.41, 5.74) is 1.99. The highest BCUT2D eigenvalue weighted by molar-refractivity contribution is 5.85. The fraction of sp³-hybridized carbons (Fsp3) is 0.250. The lowest BCUT2D eigenvalue weighted by Crippen LogP contribution is -2.36. The van der Waals surface area contributed by atoms with E-state index in [1.54, 1.807) is 11.0 Å². The molecule has 0 aliphatic carbocycles. The van der Waals surface area contributed by atoms with Crippen LogP contribution in [0.25, 0.3) is 0 Å². The zero-order valence-electron chi connectivity index (χ0n) is 14.3. The van der Waals surface area contributed by atoms with Gasteiger partial charge in [0.25, 0.3) is 0 Å². The molecule has 0 saturated heterocycles. The molecule has 1 amide bonds. The molecule has 26 heavy (non-hydrogen) atoms. The van der Waals surface area contributed by atoms with Crippen molar-refractivity contribution in [1.29, 1.82) is 0 Å². The lowest BCUT2D eigenvalue weighted by atomic mass is 9.91. The molecule has 6 heteroatoms. The van der Waals surface area contributed by atoms with E-state index in [1.807, 2.05) is 54.6 Å². The third-order valence-electron chi connectivity index (χ3n) is 4.63. The maximum atomic E-state index is 13.1. The van der Waals surface area contributed by atoms with Crippen LogP contribution in [0.3, 0.4) is 0 Å². The van der Waals surface area contributed by atoms with Crippen LogP contribution in [0.2, 0.25) is 0 Å². The van der Waals surface area contributed by atoms with Crippen LogP contribution in [0.5, 0.6) is 5.75 Å². The maximum Gasteiger partial charge on any atom is 0.228 e.